The molecule has 0 radical (unpaired) electrons. The number of carbonyl (C=O) groups excluding carboxylic acids is 1. The molecular weight excluding hydrogens is 232 g/mol. The van der Waals surface area contributed by atoms with Gasteiger partial charge < -0.3 is 4.90 Å². The van der Waals surface area contributed by atoms with Crippen LogP contribution in [0.5, 0.6) is 0 Å². The highest BCUT2D eigenvalue weighted by Gasteiger charge is 2.11. The molecule has 1 aromatic carbocycles. The number of carbonyl (C=O) groups is 1. The van der Waals surface area contributed by atoms with Crippen molar-refractivity contribution in [3.8, 4) is 0 Å². The van der Waals surface area contributed by atoms with E-state index in [1.54, 1.807) is 7.05 Å². The molecule has 1 aromatic rings. The van der Waals surface area contributed by atoms with E-state index in [0.29, 0.717) is 17.7 Å². The molecule has 0 bridgehead atoms. The van der Waals surface area contributed by atoms with Crippen LogP contribution in [-0.2, 0) is 11.3 Å². The first-order valence-corrected chi connectivity index (χ1v) is 5.46. The predicted molar refractivity (Wildman–Crippen MR) is 61.3 cm³/mol. The van der Waals surface area contributed by atoms with Gasteiger partial charge in [0.15, 0.2) is 0 Å². The molecule has 0 N–H and O–H groups in total. The van der Waals surface area contributed by atoms with Crippen LogP contribution < -0.4 is 0 Å². The molecule has 0 atom stereocenters. The van der Waals surface area contributed by atoms with Gasteiger partial charge in [0.1, 0.15) is 11.6 Å². The largest absolute Gasteiger partial charge is 0.341 e. The van der Waals surface area contributed by atoms with Crippen molar-refractivity contribution >= 4 is 18.5 Å². The van der Waals surface area contributed by atoms with Gasteiger partial charge in [0.25, 0.3) is 0 Å². The fourth-order valence-corrected chi connectivity index (χ4v) is 1.47. The molecule has 0 unspecified atom stereocenters. The third kappa shape index (κ3) is 3.48. The van der Waals surface area contributed by atoms with Crippen LogP contribution in [-0.4, -0.2) is 23.6 Å². The molecular formula is C11H13F2NOS. The Kier molecular flexibility index (Phi) is 4.73. The lowest BCUT2D eigenvalue weighted by atomic mass is 10.2. The predicted octanol–water partition coefficient (Wildman–Crippen LogP) is 2.24. The molecule has 0 aliphatic rings. The van der Waals surface area contributed by atoms with E-state index in [1.165, 1.54) is 17.0 Å². The maximum Gasteiger partial charge on any atom is 0.223 e. The number of halogens is 2. The van der Waals surface area contributed by atoms with Gasteiger partial charge in [-0.15, -0.1) is 0 Å². The molecule has 0 aromatic heterocycles. The molecule has 0 saturated carbocycles. The number of rotatable bonds is 4. The topological polar surface area (TPSA) is 20.3 Å². The van der Waals surface area contributed by atoms with E-state index >= 15 is 0 Å². The highest BCUT2D eigenvalue weighted by Crippen LogP contribution is 2.12. The Morgan fingerprint density at radius 1 is 1.44 bits per heavy atom. The first kappa shape index (κ1) is 13.0. The van der Waals surface area contributed by atoms with E-state index < -0.39 is 11.6 Å². The molecule has 0 saturated heterocycles. The fourth-order valence-electron chi connectivity index (χ4n) is 1.28. The van der Waals surface area contributed by atoms with Crippen molar-refractivity contribution in [3.05, 3.63) is 35.4 Å². The lowest BCUT2D eigenvalue weighted by molar-refractivity contribution is -0.129. The van der Waals surface area contributed by atoms with Gasteiger partial charge in [0, 0.05) is 31.6 Å². The second kappa shape index (κ2) is 5.84. The molecule has 0 spiro atoms. The summed E-state index contributed by atoms with van der Waals surface area (Å²) in [6, 6.07) is 3.33. The van der Waals surface area contributed by atoms with E-state index in [2.05, 4.69) is 12.6 Å². The molecule has 88 valence electrons. The first-order chi connectivity index (χ1) is 7.54. The van der Waals surface area contributed by atoms with E-state index in [-0.39, 0.29) is 12.5 Å². The van der Waals surface area contributed by atoms with Crippen LogP contribution in [0.1, 0.15) is 12.0 Å². The first-order valence-electron chi connectivity index (χ1n) is 4.83. The van der Waals surface area contributed by atoms with Gasteiger partial charge in [-0.2, -0.15) is 12.6 Å². The summed E-state index contributed by atoms with van der Waals surface area (Å²) < 4.78 is 25.9. The van der Waals surface area contributed by atoms with Crippen LogP contribution in [0, 0.1) is 11.6 Å². The van der Waals surface area contributed by atoms with Crippen molar-refractivity contribution in [2.45, 2.75) is 13.0 Å². The second-order valence-electron chi connectivity index (χ2n) is 3.46. The number of amides is 1. The maximum absolute atomic E-state index is 13.3. The van der Waals surface area contributed by atoms with Gasteiger partial charge in [-0.3, -0.25) is 4.79 Å². The van der Waals surface area contributed by atoms with Crippen LogP contribution in [0.25, 0.3) is 0 Å². The van der Waals surface area contributed by atoms with E-state index in [9.17, 15) is 13.6 Å². The van der Waals surface area contributed by atoms with Crippen molar-refractivity contribution < 1.29 is 13.6 Å². The van der Waals surface area contributed by atoms with Crippen molar-refractivity contribution in [3.63, 3.8) is 0 Å². The third-order valence-electron chi connectivity index (χ3n) is 2.17. The molecule has 2 nitrogen and oxygen atoms in total. The van der Waals surface area contributed by atoms with Gasteiger partial charge in [-0.1, -0.05) is 6.07 Å². The van der Waals surface area contributed by atoms with Crippen LogP contribution in [0.3, 0.4) is 0 Å². The van der Waals surface area contributed by atoms with Crippen molar-refractivity contribution in [2.75, 3.05) is 12.8 Å². The third-order valence-corrected chi connectivity index (χ3v) is 2.40. The Morgan fingerprint density at radius 3 is 2.69 bits per heavy atom. The summed E-state index contributed by atoms with van der Waals surface area (Å²) >= 11 is 3.94. The average Bonchev–Trinajstić information content (AvgIpc) is 2.22. The smallest absolute Gasteiger partial charge is 0.223 e. The van der Waals surface area contributed by atoms with Gasteiger partial charge in [0.05, 0.1) is 0 Å². The zero-order valence-electron chi connectivity index (χ0n) is 8.91. The van der Waals surface area contributed by atoms with Crippen molar-refractivity contribution in [1.82, 2.24) is 4.90 Å². The van der Waals surface area contributed by atoms with Gasteiger partial charge >= 0.3 is 0 Å². The Morgan fingerprint density at radius 2 is 2.12 bits per heavy atom. The number of benzene rings is 1. The molecule has 0 heterocycles. The van der Waals surface area contributed by atoms with Crippen molar-refractivity contribution in [2.24, 2.45) is 0 Å². The Hall–Kier alpha value is -1.10. The van der Waals surface area contributed by atoms with E-state index in [0.717, 1.165) is 6.07 Å². The normalized spacial score (nSPS) is 10.2. The van der Waals surface area contributed by atoms with Crippen LogP contribution in [0.2, 0.25) is 0 Å². The molecule has 0 aliphatic heterocycles. The zero-order valence-corrected chi connectivity index (χ0v) is 9.81. The Labute approximate surface area is 98.7 Å². The number of nitrogens with zero attached hydrogens (tertiary/aromatic N) is 1. The maximum atomic E-state index is 13.3. The van der Waals surface area contributed by atoms with Crippen LogP contribution in [0.4, 0.5) is 8.78 Å². The minimum absolute atomic E-state index is 0.112. The molecule has 5 heteroatoms. The van der Waals surface area contributed by atoms with E-state index in [4.69, 9.17) is 0 Å². The standard InChI is InChI=1S/C11H13F2NOS/c1-14(11(15)4-5-16)7-8-2-3-9(12)6-10(8)13/h2-3,6,16H,4-5,7H2,1H3. The second-order valence-corrected chi connectivity index (χ2v) is 3.91. The summed E-state index contributed by atoms with van der Waals surface area (Å²) in [5.74, 6) is -0.912. The summed E-state index contributed by atoms with van der Waals surface area (Å²) in [5, 5.41) is 0. The average molecular weight is 245 g/mol. The highest BCUT2D eigenvalue weighted by atomic mass is 32.1. The molecule has 16 heavy (non-hydrogen) atoms. The Bertz CT molecular complexity index is 384. The summed E-state index contributed by atoms with van der Waals surface area (Å²) in [6.07, 6.45) is 0.308. The fraction of sp³-hybridized carbons (Fsp3) is 0.364. The highest BCUT2D eigenvalue weighted by molar-refractivity contribution is 7.80. The molecule has 1 amide bonds. The summed E-state index contributed by atoms with van der Waals surface area (Å²) in [7, 11) is 1.58. The SMILES string of the molecule is CN(Cc1ccc(F)cc1F)C(=O)CCS. The minimum atomic E-state index is -0.634. The van der Waals surface area contributed by atoms with Gasteiger partial charge in [-0.05, 0) is 11.8 Å². The van der Waals surface area contributed by atoms with Crippen LogP contribution in [0.15, 0.2) is 18.2 Å². The number of hydrogen-bond acceptors (Lipinski definition) is 2. The van der Waals surface area contributed by atoms with E-state index in [1.807, 2.05) is 0 Å². The quantitative estimate of drug-likeness (QED) is 0.807. The van der Waals surface area contributed by atoms with Crippen molar-refractivity contribution in [1.29, 1.82) is 0 Å². The summed E-state index contributed by atoms with van der Waals surface area (Å²) in [6.45, 7) is 0.138. The molecule has 1 rings (SSSR count). The summed E-state index contributed by atoms with van der Waals surface area (Å²) in [5.41, 5.74) is 0.302. The molecule has 0 aliphatic carbocycles. The van der Waals surface area contributed by atoms with Crippen LogP contribution >= 0.6 is 12.6 Å². The lowest BCUT2D eigenvalue weighted by Crippen LogP contribution is -2.26. The Balaban J connectivity index is 2.69. The lowest BCUT2D eigenvalue weighted by Gasteiger charge is -2.17. The minimum Gasteiger partial charge on any atom is -0.341 e. The number of thiol groups is 1. The zero-order chi connectivity index (χ0) is 12.1. The van der Waals surface area contributed by atoms with Gasteiger partial charge in [-0.25, -0.2) is 8.78 Å². The van der Waals surface area contributed by atoms with Gasteiger partial charge in [0.2, 0.25) is 5.91 Å². The monoisotopic (exact) mass is 245 g/mol. The summed E-state index contributed by atoms with van der Waals surface area (Å²) in [4.78, 5) is 12.8. The molecule has 0 fully saturated rings. The number of hydrogen-bond donors (Lipinski definition) is 1.